The predicted molar refractivity (Wildman–Crippen MR) is 53.3 cm³/mol. The maximum absolute atomic E-state index is 4.29. The van der Waals surface area contributed by atoms with Crippen LogP contribution in [0.4, 0.5) is 0 Å². The second kappa shape index (κ2) is 7.30. The Morgan fingerprint density at radius 1 is 1.08 bits per heavy atom. The molecule has 0 aromatic heterocycles. The van der Waals surface area contributed by atoms with Crippen LogP contribution in [0.2, 0.25) is 0 Å². The van der Waals surface area contributed by atoms with Crippen LogP contribution in [0.15, 0.2) is 18.2 Å². The Labute approximate surface area is 130 Å². The first kappa shape index (κ1) is 14.0. The van der Waals surface area contributed by atoms with Gasteiger partial charge in [0, 0.05) is 0 Å². The molecule has 0 N–H and O–H groups in total. The Bertz CT molecular complexity index is 258. The standard InChI is InChI=1S/C9H10N.C2H6.Rb/c1-7-2-3-8-5-10-6-9(8)4-7;1-2;/h2-4H,5-6H2,1H3;1-2H3;/q-1;;+1. The van der Waals surface area contributed by atoms with Crippen LogP contribution in [0.5, 0.6) is 0 Å². The van der Waals surface area contributed by atoms with Crippen molar-refractivity contribution in [2.45, 2.75) is 33.9 Å². The maximum atomic E-state index is 4.29. The quantitative estimate of drug-likeness (QED) is 0.631. The predicted octanol–water partition coefficient (Wildman–Crippen LogP) is 0.413. The fourth-order valence-corrected chi connectivity index (χ4v) is 1.35. The number of rotatable bonds is 0. The molecule has 0 amide bonds. The Morgan fingerprint density at radius 2 is 1.69 bits per heavy atom. The van der Waals surface area contributed by atoms with E-state index >= 15 is 0 Å². The van der Waals surface area contributed by atoms with Crippen molar-refractivity contribution < 1.29 is 58.2 Å². The molecular formula is C11H16NRb. The zero-order valence-electron chi connectivity index (χ0n) is 9.09. The summed E-state index contributed by atoms with van der Waals surface area (Å²) in [5.41, 5.74) is 4.17. The molecule has 1 aromatic carbocycles. The molecule has 0 unspecified atom stereocenters. The van der Waals surface area contributed by atoms with Crippen LogP contribution in [-0.4, -0.2) is 0 Å². The Morgan fingerprint density at radius 3 is 2.38 bits per heavy atom. The summed E-state index contributed by atoms with van der Waals surface area (Å²) in [4.78, 5) is 0. The minimum Gasteiger partial charge on any atom is -0.655 e. The second-order valence-corrected chi connectivity index (χ2v) is 2.81. The van der Waals surface area contributed by atoms with Crippen LogP contribution in [-0.2, 0) is 13.1 Å². The molecule has 13 heavy (non-hydrogen) atoms. The van der Waals surface area contributed by atoms with E-state index in [-0.39, 0.29) is 58.2 Å². The largest absolute Gasteiger partial charge is 1.00 e. The molecule has 0 radical (unpaired) electrons. The van der Waals surface area contributed by atoms with E-state index < -0.39 is 0 Å². The molecule has 2 rings (SSSR count). The van der Waals surface area contributed by atoms with Gasteiger partial charge < -0.3 is 5.32 Å². The first-order chi connectivity index (χ1) is 5.86. The van der Waals surface area contributed by atoms with Crippen molar-refractivity contribution >= 4 is 0 Å². The van der Waals surface area contributed by atoms with Gasteiger partial charge in [0.25, 0.3) is 0 Å². The summed E-state index contributed by atoms with van der Waals surface area (Å²) in [6.07, 6.45) is 0. The van der Waals surface area contributed by atoms with Crippen molar-refractivity contribution in [3.8, 4) is 0 Å². The van der Waals surface area contributed by atoms with Gasteiger partial charge in [-0.1, -0.05) is 48.7 Å². The minimum atomic E-state index is 0. The van der Waals surface area contributed by atoms with Crippen LogP contribution < -0.4 is 58.2 Å². The van der Waals surface area contributed by atoms with Crippen molar-refractivity contribution in [3.63, 3.8) is 0 Å². The van der Waals surface area contributed by atoms with E-state index in [0.717, 1.165) is 13.1 Å². The van der Waals surface area contributed by atoms with Gasteiger partial charge in [0.1, 0.15) is 0 Å². The van der Waals surface area contributed by atoms with Crippen molar-refractivity contribution in [3.05, 3.63) is 40.2 Å². The molecular weight excluding hydrogens is 232 g/mol. The minimum absolute atomic E-state index is 0. The van der Waals surface area contributed by atoms with Gasteiger partial charge in [-0.25, -0.2) is 0 Å². The van der Waals surface area contributed by atoms with Crippen LogP contribution in [0.25, 0.3) is 5.32 Å². The van der Waals surface area contributed by atoms with Crippen molar-refractivity contribution in [2.75, 3.05) is 0 Å². The summed E-state index contributed by atoms with van der Waals surface area (Å²) >= 11 is 0. The average Bonchev–Trinajstić information content (AvgIpc) is 2.54. The number of aryl methyl sites for hydroxylation is 1. The molecule has 0 bridgehead atoms. The number of hydrogen-bond acceptors (Lipinski definition) is 0. The van der Waals surface area contributed by atoms with E-state index in [0.29, 0.717) is 0 Å². The Balaban J connectivity index is 0.000000451. The monoisotopic (exact) mass is 247 g/mol. The van der Waals surface area contributed by atoms with E-state index in [4.69, 9.17) is 0 Å². The zero-order valence-corrected chi connectivity index (χ0v) is 14.0. The van der Waals surface area contributed by atoms with Gasteiger partial charge in [0.2, 0.25) is 0 Å². The zero-order chi connectivity index (χ0) is 8.97. The van der Waals surface area contributed by atoms with Gasteiger partial charge in [-0.2, -0.15) is 0 Å². The summed E-state index contributed by atoms with van der Waals surface area (Å²) in [5, 5.41) is 4.29. The molecule has 1 nitrogen and oxygen atoms in total. The van der Waals surface area contributed by atoms with Crippen LogP contribution >= 0.6 is 0 Å². The van der Waals surface area contributed by atoms with Crippen molar-refractivity contribution in [1.82, 2.24) is 0 Å². The van der Waals surface area contributed by atoms with Gasteiger partial charge in [0.15, 0.2) is 0 Å². The Hall–Kier alpha value is 0.985. The second-order valence-electron chi connectivity index (χ2n) is 2.81. The molecule has 1 aliphatic rings. The van der Waals surface area contributed by atoms with Gasteiger partial charge in [-0.3, -0.25) is 0 Å². The fourth-order valence-electron chi connectivity index (χ4n) is 1.35. The first-order valence-electron chi connectivity index (χ1n) is 4.58. The molecule has 1 aliphatic heterocycles. The SMILES string of the molecule is CC.Cc1ccc2c(c1)C[N-]C2.[Rb+]. The molecule has 0 fully saturated rings. The third-order valence-electron chi connectivity index (χ3n) is 1.93. The molecule has 2 heteroatoms. The fraction of sp³-hybridized carbons (Fsp3) is 0.455. The van der Waals surface area contributed by atoms with Crippen LogP contribution in [0.3, 0.4) is 0 Å². The summed E-state index contributed by atoms with van der Waals surface area (Å²) < 4.78 is 0. The third kappa shape index (κ3) is 3.92. The van der Waals surface area contributed by atoms with E-state index in [1.807, 2.05) is 13.8 Å². The molecule has 0 aliphatic carbocycles. The number of fused-ring (bicyclic) bond motifs is 1. The molecule has 66 valence electrons. The van der Waals surface area contributed by atoms with Crippen molar-refractivity contribution in [2.24, 2.45) is 0 Å². The normalized spacial score (nSPS) is 12.2. The van der Waals surface area contributed by atoms with Crippen molar-refractivity contribution in [1.29, 1.82) is 0 Å². The molecule has 1 aromatic rings. The smallest absolute Gasteiger partial charge is 0.655 e. The van der Waals surface area contributed by atoms with Crippen LogP contribution in [0.1, 0.15) is 30.5 Å². The van der Waals surface area contributed by atoms with Gasteiger partial charge in [0.05, 0.1) is 0 Å². The number of hydrogen-bond donors (Lipinski definition) is 0. The molecule has 0 saturated carbocycles. The average molecular weight is 248 g/mol. The van der Waals surface area contributed by atoms with E-state index in [1.54, 1.807) is 0 Å². The summed E-state index contributed by atoms with van der Waals surface area (Å²) in [6, 6.07) is 6.56. The van der Waals surface area contributed by atoms with Crippen LogP contribution in [0, 0.1) is 6.92 Å². The van der Waals surface area contributed by atoms with Gasteiger partial charge in [-0.05, 0) is 6.92 Å². The van der Waals surface area contributed by atoms with E-state index in [1.165, 1.54) is 16.7 Å². The Kier molecular flexibility index (Phi) is 7.85. The van der Waals surface area contributed by atoms with Gasteiger partial charge in [-0.15, -0.1) is 13.1 Å². The first-order valence-corrected chi connectivity index (χ1v) is 4.58. The number of nitrogens with zero attached hydrogens (tertiary/aromatic N) is 1. The summed E-state index contributed by atoms with van der Waals surface area (Å²) in [7, 11) is 0. The van der Waals surface area contributed by atoms with E-state index in [2.05, 4.69) is 30.4 Å². The molecule has 0 saturated heterocycles. The third-order valence-corrected chi connectivity index (χ3v) is 1.93. The maximum Gasteiger partial charge on any atom is 1.00 e. The molecule has 1 heterocycles. The summed E-state index contributed by atoms with van der Waals surface area (Å²) in [5.74, 6) is 0. The molecule has 0 spiro atoms. The van der Waals surface area contributed by atoms with Gasteiger partial charge >= 0.3 is 58.2 Å². The number of benzene rings is 1. The van der Waals surface area contributed by atoms with E-state index in [9.17, 15) is 0 Å². The summed E-state index contributed by atoms with van der Waals surface area (Å²) in [6.45, 7) is 7.98. The molecule has 0 atom stereocenters. The topological polar surface area (TPSA) is 14.1 Å².